The summed E-state index contributed by atoms with van der Waals surface area (Å²) in [4.78, 5) is 11.4. The molecule has 0 amide bonds. The molecular formula is C15H27NO2S. The van der Waals surface area contributed by atoms with Gasteiger partial charge in [-0.3, -0.25) is 4.79 Å². The van der Waals surface area contributed by atoms with E-state index in [1.165, 1.54) is 26.4 Å². The second-order valence-electron chi connectivity index (χ2n) is 6.75. The quantitative estimate of drug-likeness (QED) is 0.789. The molecule has 4 atom stereocenters. The van der Waals surface area contributed by atoms with Gasteiger partial charge in [-0.2, -0.15) is 11.8 Å². The minimum atomic E-state index is -0.0623. The molecule has 0 aromatic carbocycles. The number of nitrogens with two attached hydrogens (primary N) is 1. The first-order chi connectivity index (χ1) is 8.96. The Kier molecular flexibility index (Phi) is 4.83. The van der Waals surface area contributed by atoms with Gasteiger partial charge in [0.15, 0.2) is 0 Å². The molecule has 0 saturated heterocycles. The third-order valence-electron chi connectivity index (χ3n) is 4.72. The minimum Gasteiger partial charge on any atom is -0.469 e. The van der Waals surface area contributed by atoms with E-state index in [1.807, 2.05) is 11.8 Å². The monoisotopic (exact) mass is 285 g/mol. The van der Waals surface area contributed by atoms with Crippen LogP contribution in [0.25, 0.3) is 0 Å². The minimum absolute atomic E-state index is 0.0623. The first-order valence-corrected chi connectivity index (χ1v) is 8.45. The summed E-state index contributed by atoms with van der Waals surface area (Å²) in [6.07, 6.45) is 5.36. The third kappa shape index (κ3) is 3.88. The molecule has 2 rings (SSSR count). The molecule has 0 bridgehead atoms. The molecule has 19 heavy (non-hydrogen) atoms. The number of hydrogen-bond donors (Lipinski definition) is 1. The van der Waals surface area contributed by atoms with Crippen molar-refractivity contribution in [3.63, 3.8) is 0 Å². The number of rotatable bonds is 5. The summed E-state index contributed by atoms with van der Waals surface area (Å²) in [5.74, 6) is 2.45. The molecule has 0 radical (unpaired) electrons. The van der Waals surface area contributed by atoms with E-state index in [4.69, 9.17) is 10.5 Å². The highest BCUT2D eigenvalue weighted by molar-refractivity contribution is 8.00. The zero-order chi connectivity index (χ0) is 14.0. The Bertz CT molecular complexity index is 318. The Morgan fingerprint density at radius 3 is 2.58 bits per heavy atom. The molecule has 2 aliphatic rings. The van der Waals surface area contributed by atoms with E-state index in [-0.39, 0.29) is 11.4 Å². The van der Waals surface area contributed by atoms with Crippen molar-refractivity contribution in [1.82, 2.24) is 0 Å². The van der Waals surface area contributed by atoms with Crippen molar-refractivity contribution in [2.75, 3.05) is 12.9 Å². The van der Waals surface area contributed by atoms with Gasteiger partial charge in [0.2, 0.25) is 0 Å². The Balaban J connectivity index is 1.83. The van der Waals surface area contributed by atoms with Gasteiger partial charge in [-0.15, -0.1) is 0 Å². The van der Waals surface area contributed by atoms with Crippen LogP contribution < -0.4 is 5.73 Å². The van der Waals surface area contributed by atoms with Crippen molar-refractivity contribution in [2.45, 2.75) is 57.2 Å². The Morgan fingerprint density at radius 1 is 1.37 bits per heavy atom. The lowest BCUT2D eigenvalue weighted by atomic mass is 9.80. The van der Waals surface area contributed by atoms with Gasteiger partial charge < -0.3 is 10.5 Å². The van der Waals surface area contributed by atoms with Crippen molar-refractivity contribution < 1.29 is 9.53 Å². The number of hydrogen-bond acceptors (Lipinski definition) is 4. The normalized spacial score (nSPS) is 36.8. The van der Waals surface area contributed by atoms with E-state index in [1.54, 1.807) is 0 Å². The van der Waals surface area contributed by atoms with Crippen molar-refractivity contribution in [1.29, 1.82) is 0 Å². The predicted octanol–water partition coefficient (Wildman–Crippen LogP) is 2.82. The molecule has 0 aromatic heterocycles. The zero-order valence-electron chi connectivity index (χ0n) is 12.4. The van der Waals surface area contributed by atoms with Gasteiger partial charge in [0.05, 0.1) is 13.5 Å². The fourth-order valence-electron chi connectivity index (χ4n) is 3.37. The molecule has 2 aliphatic carbocycles. The lowest BCUT2D eigenvalue weighted by molar-refractivity contribution is -0.141. The largest absolute Gasteiger partial charge is 0.469 e. The van der Waals surface area contributed by atoms with Crippen LogP contribution in [-0.2, 0) is 9.53 Å². The van der Waals surface area contributed by atoms with Crippen molar-refractivity contribution in [3.05, 3.63) is 0 Å². The van der Waals surface area contributed by atoms with Crippen LogP contribution >= 0.6 is 11.8 Å². The van der Waals surface area contributed by atoms with E-state index < -0.39 is 0 Å². The Hall–Kier alpha value is -0.220. The number of carbonyl (C=O) groups excluding carboxylic acids is 1. The molecule has 0 spiro atoms. The van der Waals surface area contributed by atoms with Crippen LogP contribution in [0.1, 0.15) is 46.0 Å². The maximum atomic E-state index is 11.4. The SMILES string of the molecule is COC(=O)CC1(CSC2C(C)CC(C)CC2N)CC1. The van der Waals surface area contributed by atoms with E-state index in [0.29, 0.717) is 23.6 Å². The fourth-order valence-corrected chi connectivity index (χ4v) is 5.11. The second kappa shape index (κ2) is 6.04. The summed E-state index contributed by atoms with van der Waals surface area (Å²) in [6, 6.07) is 0.317. The number of esters is 1. The van der Waals surface area contributed by atoms with Gasteiger partial charge in [0.25, 0.3) is 0 Å². The molecule has 4 unspecified atom stereocenters. The van der Waals surface area contributed by atoms with Crippen LogP contribution in [0, 0.1) is 17.3 Å². The van der Waals surface area contributed by atoms with Crippen molar-refractivity contribution in [2.24, 2.45) is 23.0 Å². The summed E-state index contributed by atoms with van der Waals surface area (Å²) in [5.41, 5.74) is 6.55. The highest BCUT2D eigenvalue weighted by Gasteiger charge is 2.46. The molecule has 3 nitrogen and oxygen atoms in total. The van der Waals surface area contributed by atoms with Gasteiger partial charge in [-0.1, -0.05) is 13.8 Å². The number of carbonyl (C=O) groups is 1. The first kappa shape index (κ1) is 15.2. The molecule has 0 heterocycles. The van der Waals surface area contributed by atoms with Gasteiger partial charge in [-0.05, 0) is 48.7 Å². The van der Waals surface area contributed by atoms with Crippen LogP contribution in [0.3, 0.4) is 0 Å². The van der Waals surface area contributed by atoms with Crippen LogP contribution in [0.4, 0.5) is 0 Å². The zero-order valence-corrected chi connectivity index (χ0v) is 13.2. The standard InChI is InChI=1S/C15H27NO2S/c1-10-6-11(2)14(12(16)7-10)19-9-15(4-5-15)8-13(17)18-3/h10-12,14H,4-9,16H2,1-3H3. The van der Waals surface area contributed by atoms with E-state index in [2.05, 4.69) is 13.8 Å². The summed E-state index contributed by atoms with van der Waals surface area (Å²) in [7, 11) is 1.48. The average Bonchev–Trinajstić information content (AvgIpc) is 3.07. The lowest BCUT2D eigenvalue weighted by Gasteiger charge is -2.38. The lowest BCUT2D eigenvalue weighted by Crippen LogP contribution is -2.43. The number of ether oxygens (including phenoxy) is 1. The van der Waals surface area contributed by atoms with Gasteiger partial charge in [0.1, 0.15) is 0 Å². The van der Waals surface area contributed by atoms with Gasteiger partial charge >= 0.3 is 5.97 Å². The van der Waals surface area contributed by atoms with Gasteiger partial charge in [-0.25, -0.2) is 0 Å². The Morgan fingerprint density at radius 2 is 2.05 bits per heavy atom. The van der Waals surface area contributed by atoms with E-state index >= 15 is 0 Å². The van der Waals surface area contributed by atoms with Crippen molar-refractivity contribution in [3.8, 4) is 0 Å². The maximum Gasteiger partial charge on any atom is 0.306 e. The number of methoxy groups -OCH3 is 1. The molecule has 2 saturated carbocycles. The molecule has 110 valence electrons. The van der Waals surface area contributed by atoms with Crippen molar-refractivity contribution >= 4 is 17.7 Å². The first-order valence-electron chi connectivity index (χ1n) is 7.40. The van der Waals surface area contributed by atoms with Crippen LogP contribution in [-0.4, -0.2) is 30.1 Å². The fraction of sp³-hybridized carbons (Fsp3) is 0.933. The summed E-state index contributed by atoms with van der Waals surface area (Å²) in [6.45, 7) is 4.63. The van der Waals surface area contributed by atoms with E-state index in [9.17, 15) is 4.79 Å². The molecule has 2 fully saturated rings. The summed E-state index contributed by atoms with van der Waals surface area (Å²) >= 11 is 2.00. The highest BCUT2D eigenvalue weighted by atomic mass is 32.2. The molecule has 0 aliphatic heterocycles. The van der Waals surface area contributed by atoms with Crippen LogP contribution in [0.5, 0.6) is 0 Å². The number of thioether (sulfide) groups is 1. The predicted molar refractivity (Wildman–Crippen MR) is 80.1 cm³/mol. The third-order valence-corrected chi connectivity index (χ3v) is 6.70. The summed E-state index contributed by atoms with van der Waals surface area (Å²) in [5, 5.41) is 0.561. The molecular weight excluding hydrogens is 258 g/mol. The van der Waals surface area contributed by atoms with Crippen LogP contribution in [0.2, 0.25) is 0 Å². The summed E-state index contributed by atoms with van der Waals surface area (Å²) < 4.78 is 4.80. The highest BCUT2D eigenvalue weighted by Crippen LogP contribution is 2.52. The topological polar surface area (TPSA) is 52.3 Å². The smallest absolute Gasteiger partial charge is 0.306 e. The van der Waals surface area contributed by atoms with Crippen LogP contribution in [0.15, 0.2) is 0 Å². The molecule has 4 heteroatoms. The second-order valence-corrected chi connectivity index (χ2v) is 7.91. The van der Waals surface area contributed by atoms with Gasteiger partial charge in [0, 0.05) is 11.3 Å². The Labute approximate surface area is 121 Å². The molecule has 0 aromatic rings. The van der Waals surface area contributed by atoms with E-state index in [0.717, 1.165) is 18.1 Å². The average molecular weight is 285 g/mol. The maximum absolute atomic E-state index is 11.4. The molecule has 2 N–H and O–H groups in total.